The Kier molecular flexibility index (Phi) is 59.8. The van der Waals surface area contributed by atoms with Gasteiger partial charge in [0, 0.05) is 0 Å². The van der Waals surface area contributed by atoms with Crippen molar-refractivity contribution in [2.45, 2.75) is 48.0 Å². The monoisotopic (exact) mass is 437 g/mol. The van der Waals surface area contributed by atoms with Crippen LogP contribution in [-0.4, -0.2) is 37.0 Å². The molecule has 0 amide bonds. The third kappa shape index (κ3) is 31.7. The maximum absolute atomic E-state index is 2.99. The van der Waals surface area contributed by atoms with E-state index in [1.807, 2.05) is 12.2 Å². The van der Waals surface area contributed by atoms with Crippen LogP contribution in [-0.2, 0) is 18.6 Å². The van der Waals surface area contributed by atoms with Gasteiger partial charge in [0.05, 0.1) is 0 Å². The summed E-state index contributed by atoms with van der Waals surface area (Å²) in [4.78, 5) is 0. The van der Waals surface area contributed by atoms with Crippen molar-refractivity contribution in [2.24, 2.45) is 0 Å². The van der Waals surface area contributed by atoms with Crippen LogP contribution in [0.2, 0.25) is 0 Å². The van der Waals surface area contributed by atoms with E-state index in [0.717, 1.165) is 6.42 Å². The summed E-state index contributed by atoms with van der Waals surface area (Å²) in [6.45, 7) is 13.7. The fourth-order valence-electron chi connectivity index (χ4n) is 1.68. The van der Waals surface area contributed by atoms with Crippen LogP contribution in [0.15, 0.2) is 18.2 Å². The normalized spacial score (nSPS) is 10.1. The van der Waals surface area contributed by atoms with E-state index in [2.05, 4.69) is 53.7 Å². The predicted molar refractivity (Wildman–Crippen MR) is 105 cm³/mol. The van der Waals surface area contributed by atoms with E-state index in [1.54, 1.807) is 0 Å². The predicted octanol–water partition coefficient (Wildman–Crippen LogP) is 0.817. The molecule has 0 aromatic rings. The Hall–Kier alpha value is 1.50. The van der Waals surface area contributed by atoms with E-state index in [0.29, 0.717) is 15.8 Å². The van der Waals surface area contributed by atoms with Crippen molar-refractivity contribution in [1.29, 1.82) is 0 Å². The molecule has 1 rings (SSSR count). The van der Waals surface area contributed by atoms with Gasteiger partial charge in [-0.1, -0.05) is 41.5 Å². The minimum absolute atomic E-state index is 0. The zero-order valence-electron chi connectivity index (χ0n) is 16.3. The molecular formula is C18H38Cl2P2V. The Bertz CT molecular complexity index is 184. The molecule has 0 saturated carbocycles. The van der Waals surface area contributed by atoms with Gasteiger partial charge in [-0.15, -0.1) is 22.3 Å². The fourth-order valence-corrected chi connectivity index (χ4v) is 4.37. The second-order valence-electron chi connectivity index (χ2n) is 4.24. The molecule has 0 bridgehead atoms. The van der Waals surface area contributed by atoms with Gasteiger partial charge in [0.2, 0.25) is 0 Å². The molecule has 0 aliphatic heterocycles. The summed E-state index contributed by atoms with van der Waals surface area (Å²) >= 11 is 0. The molecule has 0 heterocycles. The summed E-state index contributed by atoms with van der Waals surface area (Å²) in [6, 6.07) is 0. The Morgan fingerprint density at radius 3 is 1.09 bits per heavy atom. The molecule has 23 heavy (non-hydrogen) atoms. The number of allylic oxidation sites excluding steroid dienone is 4. The molecule has 139 valence electrons. The first kappa shape index (κ1) is 39.5. The van der Waals surface area contributed by atoms with Crippen LogP contribution in [0.3, 0.4) is 0 Å². The summed E-state index contributed by atoms with van der Waals surface area (Å²) in [5, 5.41) is 0. The van der Waals surface area contributed by atoms with Crippen LogP contribution < -0.4 is 24.8 Å². The van der Waals surface area contributed by atoms with Crippen LogP contribution >= 0.6 is 15.8 Å². The van der Waals surface area contributed by atoms with Gasteiger partial charge in [0.1, 0.15) is 0 Å². The second kappa shape index (κ2) is 34.8. The van der Waals surface area contributed by atoms with Crippen molar-refractivity contribution in [1.82, 2.24) is 0 Å². The van der Waals surface area contributed by atoms with Crippen molar-refractivity contribution in [3.63, 3.8) is 0 Å². The minimum Gasteiger partial charge on any atom is -1.00 e. The summed E-state index contributed by atoms with van der Waals surface area (Å²) in [5.74, 6) is 0. The zero-order chi connectivity index (χ0) is 14.9. The molecule has 0 nitrogen and oxygen atoms in total. The average Bonchev–Trinajstić information content (AvgIpc) is 3.03. The van der Waals surface area contributed by atoms with Gasteiger partial charge in [-0.3, -0.25) is 6.08 Å². The number of hydrogen-bond acceptors (Lipinski definition) is 0. The van der Waals surface area contributed by atoms with E-state index < -0.39 is 0 Å². The van der Waals surface area contributed by atoms with Crippen LogP contribution in [0.25, 0.3) is 0 Å². The Balaban J connectivity index is -0.0000000437. The third-order valence-electron chi connectivity index (χ3n) is 3.27. The largest absolute Gasteiger partial charge is 4.00 e. The van der Waals surface area contributed by atoms with Gasteiger partial charge < -0.3 is 32.2 Å². The van der Waals surface area contributed by atoms with Gasteiger partial charge in [-0.2, -0.15) is 6.08 Å². The first-order valence-electron chi connectivity index (χ1n) is 7.86. The standard InChI is InChI=1S/2C6H15P.C5H5.CH3.2ClH.V/c2*1-4-7(5-2)6-3;1-2-4-5-3-1;;;;/h2*4-6H2,1-3H3;1-3H,4H2;1H3;2*1H;/q;;2*-1;;;+4/p-2. The van der Waals surface area contributed by atoms with Crippen molar-refractivity contribution in [3.8, 4) is 0 Å². The topological polar surface area (TPSA) is 0 Å². The van der Waals surface area contributed by atoms with E-state index >= 15 is 0 Å². The maximum Gasteiger partial charge on any atom is 4.00 e. The van der Waals surface area contributed by atoms with Gasteiger partial charge >= 0.3 is 18.6 Å². The molecule has 1 radical (unpaired) electrons. The first-order valence-corrected chi connectivity index (χ1v) is 11.7. The van der Waals surface area contributed by atoms with Crippen molar-refractivity contribution in [3.05, 3.63) is 31.7 Å². The molecule has 0 aromatic carbocycles. The zero-order valence-corrected chi connectivity index (χ0v) is 21.0. The smallest absolute Gasteiger partial charge is 1.00 e. The van der Waals surface area contributed by atoms with E-state index in [1.165, 1.54) is 37.0 Å². The molecular weight excluding hydrogens is 400 g/mol. The summed E-state index contributed by atoms with van der Waals surface area (Å²) < 4.78 is 0. The fraction of sp³-hybridized carbons (Fsp3) is 0.722. The molecule has 0 saturated heterocycles. The molecule has 5 heteroatoms. The first-order chi connectivity index (χ1) is 9.19. The minimum atomic E-state index is 0. The molecule has 0 atom stereocenters. The molecule has 0 fully saturated rings. The van der Waals surface area contributed by atoms with Crippen LogP contribution in [0.5, 0.6) is 0 Å². The maximum atomic E-state index is 2.99. The van der Waals surface area contributed by atoms with Crippen molar-refractivity contribution >= 4 is 15.8 Å². The quantitative estimate of drug-likeness (QED) is 0.426. The molecule has 0 aromatic heterocycles. The number of hydrogen-bond donors (Lipinski definition) is 0. The van der Waals surface area contributed by atoms with E-state index in [4.69, 9.17) is 0 Å². The molecule has 0 N–H and O–H groups in total. The Morgan fingerprint density at radius 1 is 0.739 bits per heavy atom. The van der Waals surface area contributed by atoms with E-state index in [9.17, 15) is 0 Å². The molecule has 1 aliphatic carbocycles. The SMILES string of the molecule is CCP(CC)CC.CCP(CC)CC.[C-]1=CC=CC1.[CH3-].[Cl-].[Cl-].[V+4]. The number of rotatable bonds is 6. The van der Waals surface area contributed by atoms with E-state index in [-0.39, 0.29) is 50.8 Å². The van der Waals surface area contributed by atoms with Crippen LogP contribution in [0, 0.1) is 13.5 Å². The summed E-state index contributed by atoms with van der Waals surface area (Å²) in [7, 11) is 0.892. The number of halogens is 2. The van der Waals surface area contributed by atoms with Crippen molar-refractivity contribution in [2.75, 3.05) is 37.0 Å². The van der Waals surface area contributed by atoms with Gasteiger partial charge in [-0.25, -0.2) is 12.2 Å². The summed E-state index contributed by atoms with van der Waals surface area (Å²) in [5.41, 5.74) is 0. The van der Waals surface area contributed by atoms with Gasteiger partial charge in [-0.05, 0) is 37.0 Å². The Labute approximate surface area is 175 Å². The average molecular weight is 438 g/mol. The van der Waals surface area contributed by atoms with Crippen LogP contribution in [0.4, 0.5) is 0 Å². The van der Waals surface area contributed by atoms with Crippen LogP contribution in [0.1, 0.15) is 48.0 Å². The summed E-state index contributed by atoms with van der Waals surface area (Å²) in [6.07, 6.45) is 18.5. The third-order valence-corrected chi connectivity index (χ3v) is 8.64. The molecule has 1 aliphatic rings. The molecule has 0 spiro atoms. The Morgan fingerprint density at radius 2 is 1.04 bits per heavy atom. The van der Waals surface area contributed by atoms with Gasteiger partial charge in [0.15, 0.2) is 0 Å². The van der Waals surface area contributed by atoms with Crippen molar-refractivity contribution < 1.29 is 43.4 Å². The molecule has 0 unspecified atom stereocenters. The van der Waals surface area contributed by atoms with Gasteiger partial charge in [0.25, 0.3) is 0 Å². The second-order valence-corrected chi connectivity index (χ2v) is 10.7.